The highest BCUT2D eigenvalue weighted by atomic mass is 19.4. The fourth-order valence-corrected chi connectivity index (χ4v) is 3.02. The van der Waals surface area contributed by atoms with E-state index in [1.54, 1.807) is 0 Å². The summed E-state index contributed by atoms with van der Waals surface area (Å²) in [5.41, 5.74) is 3.72. The van der Waals surface area contributed by atoms with Crippen LogP contribution in [0.5, 0.6) is 17.4 Å². The number of benzene rings is 1. The first-order chi connectivity index (χ1) is 17.1. The standard InChI is InChI=1S/C23H23F3N6O4/c1-3-28-10-14(9-27)20(33)32-22(6-7-22)21(34)31-12-15-11-30-19(13-29-15)36-18-5-4-16(35-2)8-17(18)23(24,25)26/h3-5,8-11,13H,1,6-7,12,27H2,2H3,(H,31,34)(H,32,33)/b14-9+,28-10-. The topological polar surface area (TPSA) is 141 Å². The van der Waals surface area contributed by atoms with Crippen molar-refractivity contribution < 1.29 is 32.2 Å². The van der Waals surface area contributed by atoms with E-state index in [9.17, 15) is 22.8 Å². The lowest BCUT2D eigenvalue weighted by atomic mass is 10.2. The Labute approximate surface area is 204 Å². The smallest absolute Gasteiger partial charge is 0.420 e. The summed E-state index contributed by atoms with van der Waals surface area (Å²) in [6.45, 7) is 3.38. The lowest BCUT2D eigenvalue weighted by molar-refractivity contribution is -0.138. The van der Waals surface area contributed by atoms with Crippen molar-refractivity contribution in [2.24, 2.45) is 10.7 Å². The second kappa shape index (κ2) is 10.9. The van der Waals surface area contributed by atoms with Gasteiger partial charge >= 0.3 is 6.18 Å². The third kappa shape index (κ3) is 6.37. The third-order valence-electron chi connectivity index (χ3n) is 5.12. The fourth-order valence-electron chi connectivity index (χ4n) is 3.02. The molecule has 1 aliphatic carbocycles. The number of aromatic nitrogens is 2. The van der Waals surface area contributed by atoms with Gasteiger partial charge in [0.25, 0.3) is 5.91 Å². The quantitative estimate of drug-likeness (QED) is 0.334. The molecule has 1 saturated carbocycles. The van der Waals surface area contributed by atoms with E-state index in [0.717, 1.165) is 24.5 Å². The molecule has 0 saturated heterocycles. The van der Waals surface area contributed by atoms with Gasteiger partial charge < -0.3 is 25.8 Å². The van der Waals surface area contributed by atoms with Crippen LogP contribution in [0.25, 0.3) is 0 Å². The third-order valence-corrected chi connectivity index (χ3v) is 5.12. The van der Waals surface area contributed by atoms with E-state index in [4.69, 9.17) is 15.2 Å². The van der Waals surface area contributed by atoms with Gasteiger partial charge in [0, 0.05) is 18.6 Å². The number of carbonyl (C=O) groups excluding carboxylic acids is 2. The van der Waals surface area contributed by atoms with Gasteiger partial charge in [-0.25, -0.2) is 4.98 Å². The second-order valence-corrected chi connectivity index (χ2v) is 7.61. The van der Waals surface area contributed by atoms with Crippen LogP contribution in [0.15, 0.2) is 60.1 Å². The van der Waals surface area contributed by atoms with Crippen molar-refractivity contribution in [3.63, 3.8) is 0 Å². The number of carbonyl (C=O) groups is 2. The van der Waals surface area contributed by atoms with Crippen LogP contribution in [0.3, 0.4) is 0 Å². The van der Waals surface area contributed by atoms with Crippen LogP contribution in [0, 0.1) is 0 Å². The fraction of sp³-hybridized carbons (Fsp3) is 0.261. The first kappa shape index (κ1) is 26.2. The Bertz CT molecular complexity index is 1190. The maximum atomic E-state index is 13.3. The number of hydrogen-bond donors (Lipinski definition) is 3. The molecule has 36 heavy (non-hydrogen) atoms. The number of halogens is 3. The average molecular weight is 504 g/mol. The van der Waals surface area contributed by atoms with Crippen LogP contribution in [0.2, 0.25) is 0 Å². The zero-order chi connectivity index (χ0) is 26.3. The molecule has 190 valence electrons. The molecule has 1 aromatic carbocycles. The minimum Gasteiger partial charge on any atom is -0.497 e. The van der Waals surface area contributed by atoms with Gasteiger partial charge in [-0.1, -0.05) is 6.58 Å². The van der Waals surface area contributed by atoms with Crippen LogP contribution in [-0.2, 0) is 22.3 Å². The maximum absolute atomic E-state index is 13.3. The van der Waals surface area contributed by atoms with Crippen molar-refractivity contribution in [3.05, 3.63) is 66.4 Å². The summed E-state index contributed by atoms with van der Waals surface area (Å²) in [5.74, 6) is -1.60. The normalized spacial score (nSPS) is 14.7. The molecule has 4 N–H and O–H groups in total. The number of ether oxygens (including phenoxy) is 2. The van der Waals surface area contributed by atoms with Gasteiger partial charge in [-0.2, -0.15) is 13.2 Å². The first-order valence-corrected chi connectivity index (χ1v) is 10.5. The predicted molar refractivity (Wildman–Crippen MR) is 123 cm³/mol. The molecule has 0 unspecified atom stereocenters. The van der Waals surface area contributed by atoms with E-state index >= 15 is 0 Å². The van der Waals surface area contributed by atoms with Crippen LogP contribution < -0.4 is 25.8 Å². The molecule has 0 radical (unpaired) electrons. The molecule has 13 heteroatoms. The van der Waals surface area contributed by atoms with E-state index in [1.165, 1.54) is 31.8 Å². The Morgan fingerprint density at radius 1 is 1.28 bits per heavy atom. The van der Waals surface area contributed by atoms with Crippen LogP contribution in [0.4, 0.5) is 13.2 Å². The molecule has 3 rings (SSSR count). The van der Waals surface area contributed by atoms with Gasteiger partial charge in [0.15, 0.2) is 0 Å². The number of amides is 2. The molecular weight excluding hydrogens is 481 g/mol. The van der Waals surface area contributed by atoms with E-state index in [2.05, 4.69) is 32.2 Å². The van der Waals surface area contributed by atoms with E-state index in [1.807, 2.05) is 0 Å². The van der Waals surface area contributed by atoms with Crippen molar-refractivity contribution in [2.45, 2.75) is 31.1 Å². The number of methoxy groups -OCH3 is 1. The summed E-state index contributed by atoms with van der Waals surface area (Å²) in [4.78, 5) is 36.7. The highest BCUT2D eigenvalue weighted by Gasteiger charge is 2.51. The van der Waals surface area contributed by atoms with Crippen molar-refractivity contribution in [2.75, 3.05) is 7.11 Å². The number of nitrogens with two attached hydrogens (primary N) is 1. The Balaban J connectivity index is 1.60. The Morgan fingerprint density at radius 3 is 2.58 bits per heavy atom. The highest BCUT2D eigenvalue weighted by Crippen LogP contribution is 2.40. The Kier molecular flexibility index (Phi) is 7.92. The van der Waals surface area contributed by atoms with Crippen LogP contribution in [0.1, 0.15) is 24.1 Å². The summed E-state index contributed by atoms with van der Waals surface area (Å²) in [5, 5.41) is 5.30. The van der Waals surface area contributed by atoms with Crippen LogP contribution >= 0.6 is 0 Å². The Morgan fingerprint density at radius 2 is 2.03 bits per heavy atom. The highest BCUT2D eigenvalue weighted by molar-refractivity contribution is 6.13. The molecule has 2 aromatic rings. The zero-order valence-electron chi connectivity index (χ0n) is 19.1. The van der Waals surface area contributed by atoms with Gasteiger partial charge in [-0.3, -0.25) is 19.6 Å². The molecule has 1 aromatic heterocycles. The van der Waals surface area contributed by atoms with Gasteiger partial charge in [-0.15, -0.1) is 0 Å². The second-order valence-electron chi connectivity index (χ2n) is 7.61. The van der Waals surface area contributed by atoms with E-state index < -0.39 is 34.8 Å². The SMILES string of the molecule is C=C/N=C\C(=C/N)C(=O)NC1(C(=O)NCc2cnc(Oc3ccc(OC)cc3C(F)(F)F)cn2)CC1. The van der Waals surface area contributed by atoms with Crippen molar-refractivity contribution in [1.29, 1.82) is 0 Å². The van der Waals surface area contributed by atoms with Gasteiger partial charge in [0.1, 0.15) is 22.6 Å². The molecule has 1 heterocycles. The molecule has 10 nitrogen and oxygen atoms in total. The monoisotopic (exact) mass is 504 g/mol. The largest absolute Gasteiger partial charge is 0.497 e. The number of hydrogen-bond acceptors (Lipinski definition) is 8. The average Bonchev–Trinajstić information content (AvgIpc) is 3.64. The molecule has 2 amide bonds. The minimum absolute atomic E-state index is 0.0247. The number of nitrogens with zero attached hydrogens (tertiary/aromatic N) is 3. The lowest BCUT2D eigenvalue weighted by Crippen LogP contribution is -2.49. The number of rotatable bonds is 10. The van der Waals surface area contributed by atoms with Crippen molar-refractivity contribution in [3.8, 4) is 17.4 Å². The minimum atomic E-state index is -4.67. The molecule has 0 spiro atoms. The van der Waals surface area contributed by atoms with Gasteiger partial charge in [0.2, 0.25) is 11.8 Å². The van der Waals surface area contributed by atoms with Crippen LogP contribution in [-0.4, -0.2) is 40.6 Å². The molecular formula is C23H23F3N6O4. The maximum Gasteiger partial charge on any atom is 0.420 e. The molecule has 0 aliphatic heterocycles. The van der Waals surface area contributed by atoms with Gasteiger partial charge in [0.05, 0.1) is 37.3 Å². The summed E-state index contributed by atoms with van der Waals surface area (Å²) in [7, 11) is 1.26. The Hall–Kier alpha value is -4.42. The number of aliphatic imine (C=N–C) groups is 1. The summed E-state index contributed by atoms with van der Waals surface area (Å²) in [6, 6.07) is 3.26. The summed E-state index contributed by atoms with van der Waals surface area (Å²) < 4.78 is 50.2. The zero-order valence-corrected chi connectivity index (χ0v) is 19.1. The molecule has 1 aliphatic rings. The summed E-state index contributed by atoms with van der Waals surface area (Å²) in [6.07, 6.45) is 2.11. The van der Waals surface area contributed by atoms with E-state index in [-0.39, 0.29) is 23.7 Å². The van der Waals surface area contributed by atoms with Crippen molar-refractivity contribution in [1.82, 2.24) is 20.6 Å². The predicted octanol–water partition coefficient (Wildman–Crippen LogP) is 2.62. The molecule has 0 bridgehead atoms. The molecule has 0 atom stereocenters. The lowest BCUT2D eigenvalue weighted by Gasteiger charge is -2.17. The van der Waals surface area contributed by atoms with Gasteiger partial charge in [-0.05, 0) is 31.0 Å². The first-order valence-electron chi connectivity index (χ1n) is 10.5. The molecule has 1 fully saturated rings. The number of alkyl halides is 3. The number of nitrogens with one attached hydrogen (secondary N) is 2. The van der Waals surface area contributed by atoms with Crippen molar-refractivity contribution >= 4 is 18.0 Å². The summed E-state index contributed by atoms with van der Waals surface area (Å²) >= 11 is 0. The van der Waals surface area contributed by atoms with E-state index in [0.29, 0.717) is 18.5 Å².